The molecule has 0 spiro atoms. The van der Waals surface area contributed by atoms with E-state index in [1.807, 2.05) is 0 Å². The predicted molar refractivity (Wildman–Crippen MR) is 84.1 cm³/mol. The average molecular weight is 264 g/mol. The summed E-state index contributed by atoms with van der Waals surface area (Å²) >= 11 is 0. The lowest BCUT2D eigenvalue weighted by Crippen LogP contribution is -2.20. The van der Waals surface area contributed by atoms with Crippen LogP contribution in [0.15, 0.2) is 17.9 Å². The lowest BCUT2D eigenvalue weighted by molar-refractivity contribution is 0.362. The van der Waals surface area contributed by atoms with Crippen LogP contribution in [0.5, 0.6) is 0 Å². The molecular formula is C17H29P. The van der Waals surface area contributed by atoms with E-state index in [2.05, 4.69) is 24.9 Å². The fourth-order valence-electron chi connectivity index (χ4n) is 3.37. The van der Waals surface area contributed by atoms with Crippen LogP contribution in [0.25, 0.3) is 0 Å². The average Bonchev–Trinajstić information content (AvgIpc) is 2.88. The second kappa shape index (κ2) is 7.39. The first kappa shape index (κ1) is 14.2. The monoisotopic (exact) mass is 264 g/mol. The largest absolute Gasteiger partial charge is 0.136 e. The maximum Gasteiger partial charge on any atom is -0.00404 e. The molecule has 0 nitrogen and oxygen atoms in total. The second-order valence-electron chi connectivity index (χ2n) is 6.33. The minimum atomic E-state index is 0.515. The van der Waals surface area contributed by atoms with Crippen molar-refractivity contribution in [1.29, 1.82) is 0 Å². The van der Waals surface area contributed by atoms with Gasteiger partial charge in [0.25, 0.3) is 0 Å². The van der Waals surface area contributed by atoms with Gasteiger partial charge in [0, 0.05) is 0 Å². The van der Waals surface area contributed by atoms with E-state index >= 15 is 0 Å². The lowest BCUT2D eigenvalue weighted by atomic mass is 9.78. The molecule has 0 aromatic carbocycles. The summed E-state index contributed by atoms with van der Waals surface area (Å²) in [5.41, 5.74) is 0.515. The van der Waals surface area contributed by atoms with Crippen molar-refractivity contribution in [3.63, 3.8) is 0 Å². The van der Waals surface area contributed by atoms with Crippen LogP contribution in [0.4, 0.5) is 0 Å². The zero-order valence-corrected chi connectivity index (χ0v) is 13.0. The Morgan fingerprint density at radius 1 is 0.833 bits per heavy atom. The van der Waals surface area contributed by atoms with Crippen LogP contribution in [-0.2, 0) is 5.41 Å². The predicted octanol–water partition coefficient (Wildman–Crippen LogP) is 6.28. The molecule has 1 unspecified atom stereocenters. The minimum Gasteiger partial charge on any atom is -0.136 e. The number of hydrogen-bond acceptors (Lipinski definition) is 0. The molecule has 1 aromatic heterocycles. The van der Waals surface area contributed by atoms with Crippen molar-refractivity contribution in [2.24, 2.45) is 0 Å². The van der Waals surface area contributed by atoms with Gasteiger partial charge in [-0.3, -0.25) is 0 Å². The molecule has 0 amide bonds. The lowest BCUT2D eigenvalue weighted by Gasteiger charge is -2.30. The molecule has 0 aliphatic heterocycles. The smallest absolute Gasteiger partial charge is 0.00404 e. The summed E-state index contributed by atoms with van der Waals surface area (Å²) in [6.07, 6.45) is 16.0. The Balaban J connectivity index is 1.96. The van der Waals surface area contributed by atoms with Gasteiger partial charge in [-0.1, -0.05) is 76.8 Å². The first-order chi connectivity index (χ1) is 8.81. The van der Waals surface area contributed by atoms with Gasteiger partial charge in [-0.2, -0.15) is 0 Å². The summed E-state index contributed by atoms with van der Waals surface area (Å²) in [6.45, 7) is 2.53. The summed E-state index contributed by atoms with van der Waals surface area (Å²) in [4.78, 5) is 0. The summed E-state index contributed by atoms with van der Waals surface area (Å²) in [7, 11) is 0.970. The van der Waals surface area contributed by atoms with Gasteiger partial charge in [-0.15, -0.1) is 8.19 Å². The van der Waals surface area contributed by atoms with Crippen LogP contribution >= 0.6 is 8.19 Å². The van der Waals surface area contributed by atoms with Crippen LogP contribution < -0.4 is 0 Å². The minimum absolute atomic E-state index is 0.515. The van der Waals surface area contributed by atoms with Gasteiger partial charge in [0.05, 0.1) is 0 Å². The molecule has 1 saturated carbocycles. The highest BCUT2D eigenvalue weighted by Crippen LogP contribution is 2.40. The van der Waals surface area contributed by atoms with E-state index in [1.165, 1.54) is 70.6 Å². The van der Waals surface area contributed by atoms with E-state index in [9.17, 15) is 0 Å². The Hall–Kier alpha value is -0.220. The molecule has 0 radical (unpaired) electrons. The van der Waals surface area contributed by atoms with E-state index in [0.29, 0.717) is 5.41 Å². The van der Waals surface area contributed by atoms with Crippen molar-refractivity contribution in [3.05, 3.63) is 23.2 Å². The third-order valence-corrected chi connectivity index (χ3v) is 6.15. The Morgan fingerprint density at radius 3 is 1.78 bits per heavy atom. The topological polar surface area (TPSA) is 0 Å². The van der Waals surface area contributed by atoms with E-state index in [0.717, 1.165) is 8.19 Å². The van der Waals surface area contributed by atoms with Crippen LogP contribution in [0.3, 0.4) is 0 Å². The maximum absolute atomic E-state index is 2.53. The normalized spacial score (nSPS) is 23.4. The summed E-state index contributed by atoms with van der Waals surface area (Å²) in [5, 5.41) is 1.74. The van der Waals surface area contributed by atoms with Crippen LogP contribution in [-0.4, -0.2) is 0 Å². The van der Waals surface area contributed by atoms with Gasteiger partial charge in [0.2, 0.25) is 0 Å². The van der Waals surface area contributed by atoms with Crippen molar-refractivity contribution in [2.45, 2.75) is 83.0 Å². The molecule has 102 valence electrons. The molecular weight excluding hydrogens is 235 g/mol. The maximum atomic E-state index is 2.53. The Bertz CT molecular complexity index is 300. The molecule has 0 saturated heterocycles. The van der Waals surface area contributed by atoms with E-state index in [4.69, 9.17) is 0 Å². The van der Waals surface area contributed by atoms with Gasteiger partial charge < -0.3 is 0 Å². The third kappa shape index (κ3) is 4.16. The van der Waals surface area contributed by atoms with E-state index in [1.54, 1.807) is 5.30 Å². The molecule has 1 aliphatic rings. The number of rotatable bonds is 1. The van der Waals surface area contributed by atoms with Gasteiger partial charge in [0.1, 0.15) is 0 Å². The van der Waals surface area contributed by atoms with Gasteiger partial charge in [-0.25, -0.2) is 0 Å². The molecule has 18 heavy (non-hydrogen) atoms. The van der Waals surface area contributed by atoms with Gasteiger partial charge in [-0.05, 0) is 29.4 Å². The molecule has 0 N–H and O–H groups in total. The fourth-order valence-corrected chi connectivity index (χ4v) is 4.53. The molecule has 1 heterocycles. The van der Waals surface area contributed by atoms with E-state index in [-0.39, 0.29) is 0 Å². The molecule has 1 atom stereocenters. The molecule has 1 heteroatoms. The van der Waals surface area contributed by atoms with Crippen LogP contribution in [0.1, 0.15) is 82.8 Å². The highest BCUT2D eigenvalue weighted by atomic mass is 31.0. The fraction of sp³-hybridized carbons (Fsp3) is 0.765. The summed E-state index contributed by atoms with van der Waals surface area (Å²) in [5.74, 6) is 2.36. The molecule has 1 fully saturated rings. The Morgan fingerprint density at radius 2 is 1.33 bits per heavy atom. The highest BCUT2D eigenvalue weighted by molar-refractivity contribution is 7.30. The van der Waals surface area contributed by atoms with Crippen molar-refractivity contribution < 1.29 is 0 Å². The Kier molecular flexibility index (Phi) is 5.83. The Labute approximate surface area is 115 Å². The zero-order valence-electron chi connectivity index (χ0n) is 12.0. The summed E-state index contributed by atoms with van der Waals surface area (Å²) in [6, 6.07) is 4.68. The first-order valence-corrected chi connectivity index (χ1v) is 9.03. The molecule has 0 bridgehead atoms. The standard InChI is InChI=1S/C17H29P/c1-17(16-12-11-15-18-16)13-9-7-5-3-2-4-6-8-10-14-17/h11-12,15,18H,2-10,13-14H2,1H3. The molecule has 1 aliphatic carbocycles. The molecule has 1 aromatic rings. The van der Waals surface area contributed by atoms with Crippen molar-refractivity contribution >= 4 is 8.19 Å². The first-order valence-electron chi connectivity index (χ1n) is 7.95. The van der Waals surface area contributed by atoms with E-state index < -0.39 is 0 Å². The quantitative estimate of drug-likeness (QED) is 0.560. The summed E-state index contributed by atoms with van der Waals surface area (Å²) < 4.78 is 0. The van der Waals surface area contributed by atoms with Crippen molar-refractivity contribution in [2.75, 3.05) is 0 Å². The van der Waals surface area contributed by atoms with Crippen LogP contribution in [0.2, 0.25) is 0 Å². The van der Waals surface area contributed by atoms with Crippen molar-refractivity contribution in [1.82, 2.24) is 0 Å². The third-order valence-electron chi connectivity index (χ3n) is 4.71. The zero-order chi connectivity index (χ0) is 12.7. The number of hydrogen-bond donors (Lipinski definition) is 0. The van der Waals surface area contributed by atoms with Gasteiger partial charge >= 0.3 is 0 Å². The van der Waals surface area contributed by atoms with Crippen LogP contribution in [0, 0.1) is 0 Å². The molecule has 2 rings (SSSR count). The SMILES string of the molecule is CC1(c2ccc[pH]2)CCCCCCCCCCC1. The highest BCUT2D eigenvalue weighted by Gasteiger charge is 2.25. The van der Waals surface area contributed by atoms with Gasteiger partial charge in [0.15, 0.2) is 0 Å². The van der Waals surface area contributed by atoms with Crippen molar-refractivity contribution in [3.8, 4) is 0 Å². The second-order valence-corrected chi connectivity index (χ2v) is 7.49.